The summed E-state index contributed by atoms with van der Waals surface area (Å²) < 4.78 is 0. The van der Waals surface area contributed by atoms with E-state index >= 15 is 0 Å². The predicted molar refractivity (Wildman–Crippen MR) is 71.8 cm³/mol. The zero-order chi connectivity index (χ0) is 11.9. The number of aliphatic hydroxyl groups excluding tert-OH is 1. The molecule has 0 saturated carbocycles. The van der Waals surface area contributed by atoms with E-state index in [4.69, 9.17) is 5.11 Å². The zero-order valence-corrected chi connectivity index (χ0v) is 10.5. The first-order valence-electron chi connectivity index (χ1n) is 5.67. The average molecular weight is 251 g/mol. The number of rotatable bonds is 4. The minimum Gasteiger partial charge on any atom is -0.395 e. The maximum Gasteiger partial charge on any atom is 0.159 e. The van der Waals surface area contributed by atoms with E-state index in [1.807, 2.05) is 6.07 Å². The van der Waals surface area contributed by atoms with Gasteiger partial charge in [-0.2, -0.15) is 0 Å². The molecule has 0 aliphatic carbocycles. The SMILES string of the molecule is OCCN1CN=C(SCc2ccccc2)NC1. The lowest BCUT2D eigenvalue weighted by Gasteiger charge is -2.25. The van der Waals surface area contributed by atoms with E-state index in [-0.39, 0.29) is 6.61 Å². The fourth-order valence-electron chi connectivity index (χ4n) is 1.56. The summed E-state index contributed by atoms with van der Waals surface area (Å²) in [6, 6.07) is 10.4. The van der Waals surface area contributed by atoms with Gasteiger partial charge in [0.1, 0.15) is 0 Å². The second kappa shape index (κ2) is 6.64. The van der Waals surface area contributed by atoms with Gasteiger partial charge in [-0.15, -0.1) is 0 Å². The third-order valence-electron chi connectivity index (χ3n) is 2.50. The van der Waals surface area contributed by atoms with Gasteiger partial charge in [0, 0.05) is 12.3 Å². The quantitative estimate of drug-likeness (QED) is 0.841. The minimum atomic E-state index is 0.184. The van der Waals surface area contributed by atoms with Crippen molar-refractivity contribution in [2.75, 3.05) is 26.5 Å². The lowest BCUT2D eigenvalue weighted by molar-refractivity contribution is 0.192. The molecule has 4 nitrogen and oxygen atoms in total. The largest absolute Gasteiger partial charge is 0.395 e. The van der Waals surface area contributed by atoms with E-state index in [0.29, 0.717) is 13.2 Å². The van der Waals surface area contributed by atoms with Crippen LogP contribution in [0.4, 0.5) is 0 Å². The fraction of sp³-hybridized carbons (Fsp3) is 0.417. The second-order valence-corrected chi connectivity index (χ2v) is 4.80. The molecule has 1 aliphatic heterocycles. The minimum absolute atomic E-state index is 0.184. The van der Waals surface area contributed by atoms with E-state index < -0.39 is 0 Å². The van der Waals surface area contributed by atoms with Crippen molar-refractivity contribution >= 4 is 16.9 Å². The van der Waals surface area contributed by atoms with Crippen molar-refractivity contribution in [3.63, 3.8) is 0 Å². The number of nitrogens with zero attached hydrogens (tertiary/aromatic N) is 2. The zero-order valence-electron chi connectivity index (χ0n) is 9.67. The van der Waals surface area contributed by atoms with Crippen LogP contribution in [0.25, 0.3) is 0 Å². The summed E-state index contributed by atoms with van der Waals surface area (Å²) in [7, 11) is 0. The Morgan fingerprint density at radius 2 is 2.18 bits per heavy atom. The van der Waals surface area contributed by atoms with Gasteiger partial charge in [0.25, 0.3) is 0 Å². The maximum atomic E-state index is 8.81. The molecule has 0 radical (unpaired) electrons. The van der Waals surface area contributed by atoms with Crippen molar-refractivity contribution in [1.82, 2.24) is 10.2 Å². The molecule has 0 bridgehead atoms. The summed E-state index contributed by atoms with van der Waals surface area (Å²) in [6.07, 6.45) is 0. The predicted octanol–water partition coefficient (Wildman–Crippen LogP) is 1.09. The molecule has 2 rings (SSSR count). The number of thioether (sulfide) groups is 1. The maximum absolute atomic E-state index is 8.81. The van der Waals surface area contributed by atoms with Gasteiger partial charge >= 0.3 is 0 Å². The number of benzene rings is 1. The van der Waals surface area contributed by atoms with Crippen LogP contribution in [0.3, 0.4) is 0 Å². The summed E-state index contributed by atoms with van der Waals surface area (Å²) in [5, 5.41) is 13.1. The molecular weight excluding hydrogens is 234 g/mol. The highest BCUT2D eigenvalue weighted by Crippen LogP contribution is 2.13. The molecule has 5 heteroatoms. The van der Waals surface area contributed by atoms with Gasteiger partial charge in [-0.3, -0.25) is 4.90 Å². The van der Waals surface area contributed by atoms with Crippen LogP contribution in [0, 0.1) is 0 Å². The average Bonchev–Trinajstić information content (AvgIpc) is 2.40. The normalized spacial score (nSPS) is 16.4. The summed E-state index contributed by atoms with van der Waals surface area (Å²) in [5.74, 6) is 0.937. The molecule has 1 aromatic carbocycles. The Labute approximate surface area is 106 Å². The van der Waals surface area contributed by atoms with E-state index in [0.717, 1.165) is 17.6 Å². The summed E-state index contributed by atoms with van der Waals surface area (Å²) in [5.41, 5.74) is 1.31. The van der Waals surface area contributed by atoms with Crippen LogP contribution in [0.2, 0.25) is 0 Å². The number of β-amino-alcohol motifs (C(OH)–C–C–N with tert-alkyl or cyclic N) is 1. The number of hydrogen-bond acceptors (Lipinski definition) is 5. The lowest BCUT2D eigenvalue weighted by Crippen LogP contribution is -2.42. The Kier molecular flexibility index (Phi) is 4.85. The lowest BCUT2D eigenvalue weighted by atomic mass is 10.2. The van der Waals surface area contributed by atoms with Crippen molar-refractivity contribution in [2.45, 2.75) is 5.75 Å². The number of hydrogen-bond donors (Lipinski definition) is 2. The van der Waals surface area contributed by atoms with Crippen LogP contribution in [0.1, 0.15) is 5.56 Å². The van der Waals surface area contributed by atoms with Crippen LogP contribution >= 0.6 is 11.8 Å². The Morgan fingerprint density at radius 1 is 1.35 bits per heavy atom. The van der Waals surface area contributed by atoms with Gasteiger partial charge in [-0.05, 0) is 5.56 Å². The monoisotopic (exact) mass is 251 g/mol. The third-order valence-corrected chi connectivity index (χ3v) is 3.53. The van der Waals surface area contributed by atoms with Crippen molar-refractivity contribution in [3.05, 3.63) is 35.9 Å². The highest BCUT2D eigenvalue weighted by molar-refractivity contribution is 8.13. The van der Waals surface area contributed by atoms with Gasteiger partial charge in [-0.1, -0.05) is 42.1 Å². The summed E-state index contributed by atoms with van der Waals surface area (Å²) in [4.78, 5) is 6.49. The molecule has 0 amide bonds. The molecule has 1 aliphatic rings. The van der Waals surface area contributed by atoms with Gasteiger partial charge in [-0.25, -0.2) is 4.99 Å². The first-order valence-corrected chi connectivity index (χ1v) is 6.65. The molecule has 0 aromatic heterocycles. The van der Waals surface area contributed by atoms with Crippen LogP contribution in [-0.2, 0) is 5.75 Å². The summed E-state index contributed by atoms with van der Waals surface area (Å²) >= 11 is 1.72. The van der Waals surface area contributed by atoms with Crippen molar-refractivity contribution in [1.29, 1.82) is 0 Å². The highest BCUT2D eigenvalue weighted by Gasteiger charge is 2.11. The molecule has 17 heavy (non-hydrogen) atoms. The van der Waals surface area contributed by atoms with Gasteiger partial charge in [0.2, 0.25) is 0 Å². The van der Waals surface area contributed by atoms with E-state index in [1.165, 1.54) is 5.56 Å². The fourth-order valence-corrected chi connectivity index (χ4v) is 2.37. The molecular formula is C12H17N3OS. The molecule has 1 heterocycles. The Morgan fingerprint density at radius 3 is 2.82 bits per heavy atom. The van der Waals surface area contributed by atoms with Gasteiger partial charge < -0.3 is 10.4 Å². The van der Waals surface area contributed by atoms with Gasteiger partial charge in [0.05, 0.1) is 19.9 Å². The van der Waals surface area contributed by atoms with Crippen LogP contribution < -0.4 is 5.32 Å². The van der Waals surface area contributed by atoms with E-state index in [2.05, 4.69) is 39.5 Å². The third kappa shape index (κ3) is 4.03. The van der Waals surface area contributed by atoms with E-state index in [9.17, 15) is 0 Å². The Hall–Kier alpha value is -1.04. The first-order chi connectivity index (χ1) is 8.38. The van der Waals surface area contributed by atoms with Gasteiger partial charge in [0.15, 0.2) is 5.17 Å². The van der Waals surface area contributed by atoms with Crippen LogP contribution in [-0.4, -0.2) is 41.7 Å². The molecule has 1 aromatic rings. The van der Waals surface area contributed by atoms with Crippen molar-refractivity contribution in [2.24, 2.45) is 4.99 Å². The number of amidine groups is 1. The topological polar surface area (TPSA) is 47.9 Å². The molecule has 0 unspecified atom stereocenters. The second-order valence-electron chi connectivity index (χ2n) is 3.83. The Bertz CT molecular complexity index is 369. The summed E-state index contributed by atoms with van der Waals surface area (Å²) in [6.45, 7) is 2.29. The van der Waals surface area contributed by atoms with Crippen molar-refractivity contribution in [3.8, 4) is 0 Å². The molecule has 2 N–H and O–H groups in total. The smallest absolute Gasteiger partial charge is 0.159 e. The number of nitrogens with one attached hydrogen (secondary N) is 1. The molecule has 92 valence electrons. The van der Waals surface area contributed by atoms with Crippen LogP contribution in [0.5, 0.6) is 0 Å². The molecule has 0 atom stereocenters. The standard InChI is InChI=1S/C12H17N3OS/c16-7-6-15-9-13-12(14-10-15)17-8-11-4-2-1-3-5-11/h1-5,16H,6-10H2,(H,13,14). The van der Waals surface area contributed by atoms with E-state index in [1.54, 1.807) is 11.8 Å². The molecule has 0 fully saturated rings. The molecule has 0 saturated heterocycles. The highest BCUT2D eigenvalue weighted by atomic mass is 32.2. The Balaban J connectivity index is 1.77. The number of aliphatic hydroxyl groups is 1. The molecule has 0 spiro atoms. The number of aliphatic imine (C=N–C) groups is 1. The van der Waals surface area contributed by atoms with Crippen LogP contribution in [0.15, 0.2) is 35.3 Å². The first kappa shape index (κ1) is 12.4. The van der Waals surface area contributed by atoms with Crippen molar-refractivity contribution < 1.29 is 5.11 Å².